The second kappa shape index (κ2) is 12.7. The molecule has 0 unspecified atom stereocenters. The predicted molar refractivity (Wildman–Crippen MR) is 118 cm³/mol. The van der Waals surface area contributed by atoms with E-state index < -0.39 is 18.5 Å². The molecule has 1 heterocycles. The highest BCUT2D eigenvalue weighted by atomic mass is 16.5. The number of hydrogen-bond donors (Lipinski definition) is 1. The normalized spacial score (nSPS) is 14.3. The standard InChI is InChI=1S/C23H33N3O4/c1-3-14-24-21(27)17-25(2)22(28)18-30-23(29)13-10-19-8-11-20(12-9-19)26-15-6-4-5-7-16-26/h8-13H,3-7,14-18H2,1-2H3,(H,24,27)/b13-10+. The van der Waals surface area contributed by atoms with Gasteiger partial charge in [0.25, 0.3) is 5.91 Å². The van der Waals surface area contributed by atoms with Gasteiger partial charge in [0.1, 0.15) is 0 Å². The van der Waals surface area contributed by atoms with E-state index in [4.69, 9.17) is 4.74 Å². The van der Waals surface area contributed by atoms with E-state index in [0.29, 0.717) is 6.54 Å². The molecule has 1 aliphatic rings. The Hall–Kier alpha value is -2.83. The van der Waals surface area contributed by atoms with Crippen LogP contribution >= 0.6 is 0 Å². The summed E-state index contributed by atoms with van der Waals surface area (Å²) >= 11 is 0. The molecule has 0 radical (unpaired) electrons. The summed E-state index contributed by atoms with van der Waals surface area (Å²) in [6, 6.07) is 8.08. The fourth-order valence-electron chi connectivity index (χ4n) is 3.20. The van der Waals surface area contributed by atoms with Crippen LogP contribution in [0.3, 0.4) is 0 Å². The Balaban J connectivity index is 1.75. The summed E-state index contributed by atoms with van der Waals surface area (Å²) in [5.74, 6) is -1.25. The Morgan fingerprint density at radius 1 is 1.10 bits per heavy atom. The lowest BCUT2D eigenvalue weighted by atomic mass is 10.1. The van der Waals surface area contributed by atoms with Crippen LogP contribution in [-0.4, -0.2) is 62.5 Å². The quantitative estimate of drug-likeness (QED) is 0.495. The zero-order valence-corrected chi connectivity index (χ0v) is 18.1. The van der Waals surface area contributed by atoms with Crippen LogP contribution in [0.15, 0.2) is 30.3 Å². The zero-order valence-electron chi connectivity index (χ0n) is 18.1. The van der Waals surface area contributed by atoms with E-state index in [1.54, 1.807) is 6.08 Å². The number of carbonyl (C=O) groups excluding carboxylic acids is 3. The van der Waals surface area contributed by atoms with E-state index in [1.165, 1.54) is 49.4 Å². The van der Waals surface area contributed by atoms with Gasteiger partial charge in [-0.3, -0.25) is 9.59 Å². The average molecular weight is 416 g/mol. The van der Waals surface area contributed by atoms with E-state index in [2.05, 4.69) is 22.3 Å². The highest BCUT2D eigenvalue weighted by Gasteiger charge is 2.14. The highest BCUT2D eigenvalue weighted by Crippen LogP contribution is 2.20. The van der Waals surface area contributed by atoms with Crippen molar-refractivity contribution in [3.8, 4) is 0 Å². The first-order valence-corrected chi connectivity index (χ1v) is 10.7. The molecule has 1 aromatic rings. The molecule has 0 aromatic heterocycles. The maximum absolute atomic E-state index is 12.0. The van der Waals surface area contributed by atoms with Crippen LogP contribution in [0.1, 0.15) is 44.6 Å². The van der Waals surface area contributed by atoms with Crippen molar-refractivity contribution in [1.82, 2.24) is 10.2 Å². The molecule has 30 heavy (non-hydrogen) atoms. The lowest BCUT2D eigenvalue weighted by Gasteiger charge is -2.22. The molecule has 7 nitrogen and oxygen atoms in total. The Morgan fingerprint density at radius 2 is 1.77 bits per heavy atom. The van der Waals surface area contributed by atoms with Crippen molar-refractivity contribution in [3.05, 3.63) is 35.9 Å². The van der Waals surface area contributed by atoms with Gasteiger partial charge in [-0.05, 0) is 43.0 Å². The van der Waals surface area contributed by atoms with E-state index in [-0.39, 0.29) is 12.5 Å². The van der Waals surface area contributed by atoms with Crippen molar-refractivity contribution < 1.29 is 19.1 Å². The number of likely N-dealkylation sites (N-methyl/N-ethyl adjacent to an activating group) is 1. The van der Waals surface area contributed by atoms with Gasteiger partial charge in [-0.25, -0.2) is 4.79 Å². The van der Waals surface area contributed by atoms with E-state index in [9.17, 15) is 14.4 Å². The first-order valence-electron chi connectivity index (χ1n) is 10.7. The summed E-state index contributed by atoms with van der Waals surface area (Å²) in [5, 5.41) is 2.69. The van der Waals surface area contributed by atoms with Crippen molar-refractivity contribution >= 4 is 29.5 Å². The van der Waals surface area contributed by atoms with Crippen LogP contribution in [0.2, 0.25) is 0 Å². The van der Waals surface area contributed by atoms with Crippen LogP contribution in [-0.2, 0) is 19.1 Å². The molecule has 1 N–H and O–H groups in total. The average Bonchev–Trinajstić information content (AvgIpc) is 3.04. The number of anilines is 1. The summed E-state index contributed by atoms with van der Waals surface area (Å²) in [7, 11) is 1.50. The largest absolute Gasteiger partial charge is 0.452 e. The molecule has 1 fully saturated rings. The van der Waals surface area contributed by atoms with Crippen molar-refractivity contribution in [2.75, 3.05) is 44.7 Å². The summed E-state index contributed by atoms with van der Waals surface area (Å²) in [5.41, 5.74) is 2.09. The highest BCUT2D eigenvalue weighted by molar-refractivity contribution is 5.90. The Kier molecular flexibility index (Phi) is 9.91. The molecule has 0 bridgehead atoms. The van der Waals surface area contributed by atoms with Crippen LogP contribution in [0.25, 0.3) is 6.08 Å². The van der Waals surface area contributed by atoms with Crippen molar-refractivity contribution in [1.29, 1.82) is 0 Å². The lowest BCUT2D eigenvalue weighted by molar-refractivity contribution is -0.148. The number of benzene rings is 1. The molecule has 7 heteroatoms. The molecule has 2 rings (SSSR count). The summed E-state index contributed by atoms with van der Waals surface area (Å²) in [6.07, 6.45) is 8.85. The zero-order chi connectivity index (χ0) is 21.8. The van der Waals surface area contributed by atoms with Crippen LogP contribution in [0, 0.1) is 0 Å². The van der Waals surface area contributed by atoms with Gasteiger partial charge < -0.3 is 19.9 Å². The number of rotatable bonds is 9. The van der Waals surface area contributed by atoms with Gasteiger partial charge in [-0.1, -0.05) is 31.9 Å². The SMILES string of the molecule is CCCNC(=O)CN(C)C(=O)COC(=O)/C=C/c1ccc(N2CCCCCC2)cc1. The summed E-state index contributed by atoms with van der Waals surface area (Å²) in [6.45, 7) is 4.24. The molecule has 1 saturated heterocycles. The second-order valence-electron chi connectivity index (χ2n) is 7.53. The monoisotopic (exact) mass is 415 g/mol. The molecule has 0 saturated carbocycles. The Bertz CT molecular complexity index is 722. The van der Waals surface area contributed by atoms with Crippen molar-refractivity contribution in [3.63, 3.8) is 0 Å². The van der Waals surface area contributed by atoms with Gasteiger partial charge in [-0.15, -0.1) is 0 Å². The minimum absolute atomic E-state index is 0.0599. The first kappa shape index (κ1) is 23.4. The Morgan fingerprint density at radius 3 is 2.40 bits per heavy atom. The molecule has 164 valence electrons. The van der Waals surface area contributed by atoms with Crippen molar-refractivity contribution in [2.45, 2.75) is 39.0 Å². The molecule has 0 aliphatic carbocycles. The number of carbonyl (C=O) groups is 3. The molecule has 0 spiro atoms. The van der Waals surface area contributed by atoms with Gasteiger partial charge in [0.15, 0.2) is 6.61 Å². The van der Waals surface area contributed by atoms with Gasteiger partial charge in [-0.2, -0.15) is 0 Å². The number of esters is 1. The number of nitrogens with zero attached hydrogens (tertiary/aromatic N) is 2. The number of ether oxygens (including phenoxy) is 1. The summed E-state index contributed by atoms with van der Waals surface area (Å²) < 4.78 is 4.99. The molecule has 2 amide bonds. The van der Waals surface area contributed by atoms with E-state index in [0.717, 1.165) is 25.1 Å². The fourth-order valence-corrected chi connectivity index (χ4v) is 3.20. The Labute approximate surface area is 179 Å². The maximum atomic E-state index is 12.0. The van der Waals surface area contributed by atoms with Gasteiger partial charge >= 0.3 is 5.97 Å². The number of hydrogen-bond acceptors (Lipinski definition) is 5. The van der Waals surface area contributed by atoms with Gasteiger partial charge in [0.2, 0.25) is 5.91 Å². The van der Waals surface area contributed by atoms with Crippen LogP contribution < -0.4 is 10.2 Å². The molecule has 1 aromatic carbocycles. The van der Waals surface area contributed by atoms with E-state index >= 15 is 0 Å². The smallest absolute Gasteiger partial charge is 0.331 e. The van der Waals surface area contributed by atoms with Crippen LogP contribution in [0.4, 0.5) is 5.69 Å². The third-order valence-electron chi connectivity index (χ3n) is 4.99. The molecule has 1 aliphatic heterocycles. The van der Waals surface area contributed by atoms with Gasteiger partial charge in [0.05, 0.1) is 6.54 Å². The second-order valence-corrected chi connectivity index (χ2v) is 7.53. The maximum Gasteiger partial charge on any atom is 0.331 e. The van der Waals surface area contributed by atoms with E-state index in [1.807, 2.05) is 19.1 Å². The molecular formula is C23H33N3O4. The molecule has 0 atom stereocenters. The van der Waals surface area contributed by atoms with Crippen molar-refractivity contribution in [2.24, 2.45) is 0 Å². The third-order valence-corrected chi connectivity index (χ3v) is 4.99. The third kappa shape index (κ3) is 8.27. The minimum Gasteiger partial charge on any atom is -0.452 e. The predicted octanol–water partition coefficient (Wildman–Crippen LogP) is 2.61. The number of nitrogens with one attached hydrogen (secondary N) is 1. The minimum atomic E-state index is -0.594. The molecular weight excluding hydrogens is 382 g/mol. The fraction of sp³-hybridized carbons (Fsp3) is 0.522. The lowest BCUT2D eigenvalue weighted by Crippen LogP contribution is -2.40. The topological polar surface area (TPSA) is 79.0 Å². The van der Waals surface area contributed by atoms with Crippen LogP contribution in [0.5, 0.6) is 0 Å². The van der Waals surface area contributed by atoms with Gasteiger partial charge in [0, 0.05) is 38.4 Å². The summed E-state index contributed by atoms with van der Waals surface area (Å²) in [4.78, 5) is 39.1. The first-order chi connectivity index (χ1) is 14.5. The number of amides is 2.